The van der Waals surface area contributed by atoms with Crippen molar-refractivity contribution in [3.05, 3.63) is 66.5 Å². The maximum Gasteiger partial charge on any atom is 0.411 e. The van der Waals surface area contributed by atoms with E-state index in [0.717, 1.165) is 16.6 Å². The molecule has 1 heterocycles. The average molecular weight is 337 g/mol. The SMILES string of the molecule is CC(C)C(N(C)C(=O)OCc1ccccc1)n1cnc2ccccc21. The number of hydrogen-bond donors (Lipinski definition) is 0. The van der Waals surface area contributed by atoms with Gasteiger partial charge in [0.25, 0.3) is 0 Å². The van der Waals surface area contributed by atoms with Crippen molar-refractivity contribution in [1.29, 1.82) is 0 Å². The van der Waals surface area contributed by atoms with E-state index >= 15 is 0 Å². The molecular formula is C20H23N3O2. The predicted molar refractivity (Wildman–Crippen MR) is 98.0 cm³/mol. The Balaban J connectivity index is 1.79. The third kappa shape index (κ3) is 3.65. The molecule has 0 fully saturated rings. The second-order valence-electron chi connectivity index (χ2n) is 6.45. The highest BCUT2D eigenvalue weighted by Crippen LogP contribution is 2.26. The van der Waals surface area contributed by atoms with Crippen LogP contribution in [0.25, 0.3) is 11.0 Å². The van der Waals surface area contributed by atoms with Gasteiger partial charge < -0.3 is 9.30 Å². The van der Waals surface area contributed by atoms with E-state index in [-0.39, 0.29) is 24.8 Å². The Morgan fingerprint density at radius 1 is 1.12 bits per heavy atom. The zero-order chi connectivity index (χ0) is 17.8. The number of imidazole rings is 1. The van der Waals surface area contributed by atoms with E-state index in [4.69, 9.17) is 4.74 Å². The number of nitrogens with zero attached hydrogens (tertiary/aromatic N) is 3. The number of ether oxygens (including phenoxy) is 1. The molecule has 5 nitrogen and oxygen atoms in total. The quantitative estimate of drug-likeness (QED) is 0.690. The van der Waals surface area contributed by atoms with Crippen LogP contribution in [0.2, 0.25) is 0 Å². The van der Waals surface area contributed by atoms with Crippen molar-refractivity contribution in [1.82, 2.24) is 14.5 Å². The van der Waals surface area contributed by atoms with Gasteiger partial charge in [-0.25, -0.2) is 9.78 Å². The molecule has 0 aliphatic rings. The minimum Gasteiger partial charge on any atom is -0.445 e. The van der Waals surface area contributed by atoms with Crippen LogP contribution in [-0.4, -0.2) is 27.6 Å². The van der Waals surface area contributed by atoms with Crippen LogP contribution in [0.5, 0.6) is 0 Å². The van der Waals surface area contributed by atoms with Crippen LogP contribution in [0.3, 0.4) is 0 Å². The molecule has 0 bridgehead atoms. The molecule has 0 saturated carbocycles. The number of benzene rings is 2. The minimum absolute atomic E-state index is 0.171. The fourth-order valence-corrected chi connectivity index (χ4v) is 3.07. The van der Waals surface area contributed by atoms with Crippen LogP contribution in [0.4, 0.5) is 4.79 Å². The lowest BCUT2D eigenvalue weighted by Gasteiger charge is -2.32. The molecule has 1 amide bonds. The smallest absolute Gasteiger partial charge is 0.411 e. The number of carbonyl (C=O) groups is 1. The molecule has 0 N–H and O–H groups in total. The van der Waals surface area contributed by atoms with Gasteiger partial charge in [-0.1, -0.05) is 56.3 Å². The van der Waals surface area contributed by atoms with Crippen molar-refractivity contribution in [2.75, 3.05) is 7.05 Å². The molecule has 0 saturated heterocycles. The van der Waals surface area contributed by atoms with Crippen LogP contribution in [-0.2, 0) is 11.3 Å². The highest BCUT2D eigenvalue weighted by Gasteiger charge is 2.27. The second kappa shape index (κ2) is 7.38. The predicted octanol–water partition coefficient (Wildman–Crippen LogP) is 4.46. The number of amides is 1. The van der Waals surface area contributed by atoms with Crippen LogP contribution in [0.15, 0.2) is 60.9 Å². The lowest BCUT2D eigenvalue weighted by atomic mass is 10.1. The van der Waals surface area contributed by atoms with E-state index in [9.17, 15) is 4.79 Å². The number of para-hydroxylation sites is 2. The van der Waals surface area contributed by atoms with Crippen LogP contribution < -0.4 is 0 Å². The first-order valence-corrected chi connectivity index (χ1v) is 8.43. The molecule has 1 atom stereocenters. The molecule has 0 radical (unpaired) electrons. The molecule has 2 aromatic carbocycles. The van der Waals surface area contributed by atoms with Gasteiger partial charge in [0.15, 0.2) is 0 Å². The van der Waals surface area contributed by atoms with E-state index in [2.05, 4.69) is 18.8 Å². The summed E-state index contributed by atoms with van der Waals surface area (Å²) in [4.78, 5) is 18.6. The Morgan fingerprint density at radius 3 is 2.52 bits per heavy atom. The molecule has 0 spiro atoms. The summed E-state index contributed by atoms with van der Waals surface area (Å²) in [7, 11) is 1.77. The molecule has 0 aliphatic heterocycles. The summed E-state index contributed by atoms with van der Waals surface area (Å²) >= 11 is 0. The maximum atomic E-state index is 12.6. The molecule has 5 heteroatoms. The van der Waals surface area contributed by atoms with E-state index in [1.165, 1.54) is 0 Å². The van der Waals surface area contributed by atoms with Crippen molar-refractivity contribution >= 4 is 17.1 Å². The number of rotatable bonds is 5. The first-order chi connectivity index (χ1) is 12.1. The molecule has 1 unspecified atom stereocenters. The monoisotopic (exact) mass is 337 g/mol. The fraction of sp³-hybridized carbons (Fsp3) is 0.300. The van der Waals surface area contributed by atoms with E-state index in [1.54, 1.807) is 18.3 Å². The summed E-state index contributed by atoms with van der Waals surface area (Å²) < 4.78 is 7.52. The summed E-state index contributed by atoms with van der Waals surface area (Å²) in [6, 6.07) is 17.6. The van der Waals surface area contributed by atoms with Crippen molar-refractivity contribution < 1.29 is 9.53 Å². The zero-order valence-corrected chi connectivity index (χ0v) is 14.8. The third-order valence-electron chi connectivity index (χ3n) is 4.25. The largest absolute Gasteiger partial charge is 0.445 e. The number of carbonyl (C=O) groups excluding carboxylic acids is 1. The summed E-state index contributed by atoms with van der Waals surface area (Å²) in [6.45, 7) is 4.43. The van der Waals surface area contributed by atoms with Crippen LogP contribution in [0.1, 0.15) is 25.6 Å². The molecular weight excluding hydrogens is 314 g/mol. The molecule has 3 rings (SSSR count). The number of fused-ring (bicyclic) bond motifs is 1. The van der Waals surface area contributed by atoms with Gasteiger partial charge in [-0.05, 0) is 23.6 Å². The Labute approximate surface area is 147 Å². The van der Waals surface area contributed by atoms with Gasteiger partial charge >= 0.3 is 6.09 Å². The van der Waals surface area contributed by atoms with Gasteiger partial charge in [0.1, 0.15) is 12.8 Å². The Kier molecular flexibility index (Phi) is 5.03. The lowest BCUT2D eigenvalue weighted by molar-refractivity contribution is 0.0642. The zero-order valence-electron chi connectivity index (χ0n) is 14.8. The lowest BCUT2D eigenvalue weighted by Crippen LogP contribution is -2.37. The molecule has 130 valence electrons. The number of aromatic nitrogens is 2. The minimum atomic E-state index is -0.347. The molecule has 0 aliphatic carbocycles. The van der Waals surface area contributed by atoms with Gasteiger partial charge in [-0.3, -0.25) is 4.90 Å². The summed E-state index contributed by atoms with van der Waals surface area (Å²) in [5, 5.41) is 0. The van der Waals surface area contributed by atoms with Crippen molar-refractivity contribution in [3.63, 3.8) is 0 Å². The Hall–Kier alpha value is -2.82. The van der Waals surface area contributed by atoms with E-state index in [1.807, 2.05) is 59.2 Å². The third-order valence-corrected chi connectivity index (χ3v) is 4.25. The first kappa shape index (κ1) is 17.0. The van der Waals surface area contributed by atoms with Gasteiger partial charge in [-0.15, -0.1) is 0 Å². The van der Waals surface area contributed by atoms with Crippen molar-refractivity contribution in [2.24, 2.45) is 5.92 Å². The van der Waals surface area contributed by atoms with Gasteiger partial charge in [0.2, 0.25) is 0 Å². The van der Waals surface area contributed by atoms with Crippen molar-refractivity contribution in [2.45, 2.75) is 26.6 Å². The normalized spacial score (nSPS) is 12.3. The van der Waals surface area contributed by atoms with E-state index < -0.39 is 0 Å². The maximum absolute atomic E-state index is 12.6. The fourth-order valence-electron chi connectivity index (χ4n) is 3.07. The Bertz CT molecular complexity index is 842. The van der Waals surface area contributed by atoms with Gasteiger partial charge in [0, 0.05) is 7.05 Å². The van der Waals surface area contributed by atoms with Crippen LogP contribution >= 0.6 is 0 Å². The second-order valence-corrected chi connectivity index (χ2v) is 6.45. The van der Waals surface area contributed by atoms with Crippen LogP contribution in [0, 0.1) is 5.92 Å². The van der Waals surface area contributed by atoms with Gasteiger partial charge in [-0.2, -0.15) is 0 Å². The van der Waals surface area contributed by atoms with Gasteiger partial charge in [0.05, 0.1) is 17.4 Å². The molecule has 3 aromatic rings. The molecule has 1 aromatic heterocycles. The Morgan fingerprint density at radius 2 is 1.80 bits per heavy atom. The summed E-state index contributed by atoms with van der Waals surface area (Å²) in [6.07, 6.45) is 1.27. The average Bonchev–Trinajstić information content (AvgIpc) is 3.04. The summed E-state index contributed by atoms with van der Waals surface area (Å²) in [5.41, 5.74) is 2.89. The van der Waals surface area contributed by atoms with E-state index in [0.29, 0.717) is 0 Å². The molecule has 25 heavy (non-hydrogen) atoms. The highest BCUT2D eigenvalue weighted by atomic mass is 16.6. The number of hydrogen-bond acceptors (Lipinski definition) is 3. The highest BCUT2D eigenvalue weighted by molar-refractivity contribution is 5.75. The summed E-state index contributed by atoms with van der Waals surface area (Å²) in [5.74, 6) is 0.201. The standard InChI is InChI=1S/C20H23N3O2/c1-15(2)19(23-14-21-17-11-7-8-12-18(17)23)22(3)20(24)25-13-16-9-5-4-6-10-16/h4-12,14-15,19H,13H2,1-3H3. The topological polar surface area (TPSA) is 47.4 Å². The first-order valence-electron chi connectivity index (χ1n) is 8.43. The van der Waals surface area contributed by atoms with Crippen molar-refractivity contribution in [3.8, 4) is 0 Å².